The highest BCUT2D eigenvalue weighted by atomic mass is 35.5. The molecule has 0 saturated carbocycles. The zero-order valence-electron chi connectivity index (χ0n) is 28.1. The number of carbonyl (C=O) groups is 2. The van der Waals surface area contributed by atoms with Crippen molar-refractivity contribution in [1.82, 2.24) is 9.80 Å². The molecular formula is C38H42Cl2N2O6. The third-order valence-corrected chi connectivity index (χ3v) is 8.29. The van der Waals surface area contributed by atoms with Crippen LogP contribution >= 0.6 is 23.2 Å². The standard InChI is InChI=1S/C38H42Cl2N2O6/c1-25-11-21-31(22-12-25)45-33(27-13-17-29(39)18-14-27)23-35(41(3)4)47-37(43)38(44)48-36(42(5)6)24-34(28-15-19-30(40)20-16-28)46-32-10-8-7-9-26(32)2/h7-22,33-36H,23-24H2,1-6H3. The predicted molar refractivity (Wildman–Crippen MR) is 188 cm³/mol. The number of ether oxygens (including phenoxy) is 4. The third-order valence-electron chi connectivity index (χ3n) is 7.78. The molecule has 0 aromatic heterocycles. The molecule has 0 N–H and O–H groups in total. The first-order valence-electron chi connectivity index (χ1n) is 15.6. The number of hydrogen-bond donors (Lipinski definition) is 0. The molecule has 0 bridgehead atoms. The summed E-state index contributed by atoms with van der Waals surface area (Å²) in [6.45, 7) is 3.95. The van der Waals surface area contributed by atoms with Gasteiger partial charge >= 0.3 is 11.9 Å². The summed E-state index contributed by atoms with van der Waals surface area (Å²) in [6, 6.07) is 29.9. The van der Waals surface area contributed by atoms with E-state index < -0.39 is 36.6 Å². The van der Waals surface area contributed by atoms with Gasteiger partial charge in [0.2, 0.25) is 0 Å². The number of carbonyl (C=O) groups excluding carboxylic acids is 2. The number of halogens is 2. The van der Waals surface area contributed by atoms with Gasteiger partial charge in [-0.05, 0) is 101 Å². The van der Waals surface area contributed by atoms with E-state index in [1.807, 2.05) is 86.6 Å². The molecule has 4 aromatic rings. The van der Waals surface area contributed by atoms with Crippen molar-refractivity contribution in [2.45, 2.75) is 51.4 Å². The third kappa shape index (κ3) is 10.7. The largest absolute Gasteiger partial charge is 0.486 e. The first kappa shape index (κ1) is 36.8. The van der Waals surface area contributed by atoms with E-state index in [2.05, 4.69) is 0 Å². The Labute approximate surface area is 293 Å². The van der Waals surface area contributed by atoms with Gasteiger partial charge in [-0.15, -0.1) is 0 Å². The fraction of sp³-hybridized carbons (Fsp3) is 0.316. The van der Waals surface area contributed by atoms with E-state index in [0.29, 0.717) is 21.5 Å². The van der Waals surface area contributed by atoms with Crippen LogP contribution in [0, 0.1) is 13.8 Å². The molecule has 8 nitrogen and oxygen atoms in total. The number of aryl methyl sites for hydroxylation is 2. The Hall–Kier alpha value is -4.08. The van der Waals surface area contributed by atoms with Gasteiger partial charge in [0.15, 0.2) is 12.5 Å². The molecule has 10 heteroatoms. The molecule has 0 aliphatic rings. The van der Waals surface area contributed by atoms with Crippen molar-refractivity contribution < 1.29 is 28.5 Å². The van der Waals surface area contributed by atoms with Crippen molar-refractivity contribution in [2.24, 2.45) is 0 Å². The Bertz CT molecular complexity index is 1630. The first-order valence-corrected chi connectivity index (χ1v) is 16.4. The summed E-state index contributed by atoms with van der Waals surface area (Å²) < 4.78 is 24.3. The highest BCUT2D eigenvalue weighted by Gasteiger charge is 2.32. The minimum Gasteiger partial charge on any atom is -0.486 e. The fourth-order valence-electron chi connectivity index (χ4n) is 4.92. The van der Waals surface area contributed by atoms with E-state index in [9.17, 15) is 9.59 Å². The van der Waals surface area contributed by atoms with Gasteiger partial charge in [0, 0.05) is 22.9 Å². The zero-order valence-corrected chi connectivity index (χ0v) is 29.6. The molecule has 0 heterocycles. The van der Waals surface area contributed by atoms with Crippen LogP contribution in [0.5, 0.6) is 11.5 Å². The lowest BCUT2D eigenvalue weighted by molar-refractivity contribution is -0.185. The molecule has 48 heavy (non-hydrogen) atoms. The molecule has 0 amide bonds. The maximum absolute atomic E-state index is 13.3. The molecule has 0 aliphatic carbocycles. The van der Waals surface area contributed by atoms with Gasteiger partial charge in [0.25, 0.3) is 0 Å². The molecule has 0 aliphatic heterocycles. The van der Waals surface area contributed by atoms with Gasteiger partial charge in [0.05, 0.1) is 0 Å². The smallest absolute Gasteiger partial charge is 0.419 e. The monoisotopic (exact) mass is 692 g/mol. The lowest BCUT2D eigenvalue weighted by atomic mass is 10.0. The predicted octanol–water partition coefficient (Wildman–Crippen LogP) is 8.19. The van der Waals surface area contributed by atoms with Gasteiger partial charge < -0.3 is 18.9 Å². The van der Waals surface area contributed by atoms with Crippen LogP contribution in [0.3, 0.4) is 0 Å². The first-order chi connectivity index (χ1) is 22.9. The van der Waals surface area contributed by atoms with E-state index in [4.69, 9.17) is 42.1 Å². The summed E-state index contributed by atoms with van der Waals surface area (Å²) in [6.07, 6.45) is -2.23. The van der Waals surface area contributed by atoms with Crippen LogP contribution < -0.4 is 9.47 Å². The average molecular weight is 694 g/mol. The second kappa shape index (κ2) is 17.4. The number of rotatable bonds is 14. The van der Waals surface area contributed by atoms with E-state index >= 15 is 0 Å². The van der Waals surface area contributed by atoms with Crippen molar-refractivity contribution in [3.05, 3.63) is 129 Å². The molecular weight excluding hydrogens is 651 g/mol. The lowest BCUT2D eigenvalue weighted by Crippen LogP contribution is -2.41. The molecule has 0 saturated heterocycles. The number of benzene rings is 4. The van der Waals surface area contributed by atoms with Gasteiger partial charge in [0.1, 0.15) is 23.7 Å². The van der Waals surface area contributed by atoms with Crippen LogP contribution in [0.15, 0.2) is 97.1 Å². The summed E-state index contributed by atoms with van der Waals surface area (Å²) in [7, 11) is 7.04. The molecule has 4 unspecified atom stereocenters. The Morgan fingerprint density at radius 3 is 1.48 bits per heavy atom. The Morgan fingerprint density at radius 1 is 0.604 bits per heavy atom. The van der Waals surface area contributed by atoms with Gasteiger partial charge in [-0.1, -0.05) is 83.4 Å². The van der Waals surface area contributed by atoms with Crippen molar-refractivity contribution >= 4 is 35.1 Å². The number of hydrogen-bond acceptors (Lipinski definition) is 8. The van der Waals surface area contributed by atoms with Gasteiger partial charge in [-0.2, -0.15) is 0 Å². The molecule has 4 rings (SSSR count). The molecule has 0 spiro atoms. The minimum absolute atomic E-state index is 0.224. The maximum atomic E-state index is 13.3. The van der Waals surface area contributed by atoms with Crippen LogP contribution in [0.1, 0.15) is 47.3 Å². The van der Waals surface area contributed by atoms with E-state index in [1.165, 1.54) is 0 Å². The van der Waals surface area contributed by atoms with Crippen molar-refractivity contribution in [2.75, 3.05) is 28.2 Å². The van der Waals surface area contributed by atoms with Crippen LogP contribution in [-0.2, 0) is 19.1 Å². The normalized spacial score (nSPS) is 13.8. The summed E-state index contributed by atoms with van der Waals surface area (Å²) >= 11 is 12.3. The maximum Gasteiger partial charge on any atom is 0.419 e. The van der Waals surface area contributed by atoms with Crippen molar-refractivity contribution in [3.8, 4) is 11.5 Å². The Kier molecular flexibility index (Phi) is 13.3. The van der Waals surface area contributed by atoms with Crippen LogP contribution in [-0.4, -0.2) is 62.4 Å². The average Bonchev–Trinajstić information content (AvgIpc) is 3.05. The second-order valence-corrected chi connectivity index (χ2v) is 12.9. The number of esters is 2. The van der Waals surface area contributed by atoms with Crippen molar-refractivity contribution in [3.63, 3.8) is 0 Å². The van der Waals surface area contributed by atoms with E-state index in [-0.39, 0.29) is 12.8 Å². The topological polar surface area (TPSA) is 77.5 Å². The number of nitrogens with zero attached hydrogens (tertiary/aromatic N) is 2. The molecule has 0 fully saturated rings. The van der Waals surface area contributed by atoms with Gasteiger partial charge in [-0.3, -0.25) is 9.80 Å². The van der Waals surface area contributed by atoms with Crippen LogP contribution in [0.4, 0.5) is 0 Å². The van der Waals surface area contributed by atoms with E-state index in [1.54, 1.807) is 62.3 Å². The van der Waals surface area contributed by atoms with Crippen molar-refractivity contribution in [1.29, 1.82) is 0 Å². The lowest BCUT2D eigenvalue weighted by Gasteiger charge is -2.30. The molecule has 254 valence electrons. The highest BCUT2D eigenvalue weighted by molar-refractivity contribution is 6.31. The summed E-state index contributed by atoms with van der Waals surface area (Å²) in [5, 5.41) is 1.17. The Balaban J connectivity index is 1.49. The summed E-state index contributed by atoms with van der Waals surface area (Å²) in [5.41, 5.74) is 3.72. The molecule has 0 radical (unpaired) electrons. The molecule has 4 aromatic carbocycles. The SMILES string of the molecule is Cc1ccc(OC(CC(OC(=O)C(=O)OC(CC(Oc2ccccc2C)c2ccc(Cl)cc2)N(C)C)N(C)C)c2ccc(Cl)cc2)cc1. The fourth-order valence-corrected chi connectivity index (χ4v) is 5.17. The highest BCUT2D eigenvalue weighted by Crippen LogP contribution is 2.31. The minimum atomic E-state index is -1.12. The quantitative estimate of drug-likeness (QED) is 0.0744. The summed E-state index contributed by atoms with van der Waals surface area (Å²) in [5.74, 6) is -0.888. The second-order valence-electron chi connectivity index (χ2n) is 12.0. The van der Waals surface area contributed by atoms with E-state index in [0.717, 1.165) is 22.3 Å². The van der Waals surface area contributed by atoms with Gasteiger partial charge in [-0.25, -0.2) is 9.59 Å². The van der Waals surface area contributed by atoms with Crippen LogP contribution in [0.25, 0.3) is 0 Å². The Morgan fingerprint density at radius 2 is 1.04 bits per heavy atom. The zero-order chi connectivity index (χ0) is 34.8. The molecule has 4 atom stereocenters. The van der Waals surface area contributed by atoms with Crippen LogP contribution in [0.2, 0.25) is 10.0 Å². The summed E-state index contributed by atoms with van der Waals surface area (Å²) in [4.78, 5) is 29.9. The number of para-hydroxylation sites is 1.